The van der Waals surface area contributed by atoms with Crippen molar-refractivity contribution in [3.8, 4) is 0 Å². The van der Waals surface area contributed by atoms with Crippen molar-refractivity contribution in [2.24, 2.45) is 5.41 Å². The molecule has 2 amide bonds. The van der Waals surface area contributed by atoms with Crippen LogP contribution in [0.3, 0.4) is 0 Å². The van der Waals surface area contributed by atoms with Gasteiger partial charge in [-0.25, -0.2) is 0 Å². The van der Waals surface area contributed by atoms with Crippen molar-refractivity contribution in [1.82, 2.24) is 4.90 Å². The second kappa shape index (κ2) is 7.16. The van der Waals surface area contributed by atoms with Crippen LogP contribution < -0.4 is 5.32 Å². The van der Waals surface area contributed by atoms with Gasteiger partial charge in [0, 0.05) is 18.8 Å². The zero-order chi connectivity index (χ0) is 17.0. The quantitative estimate of drug-likeness (QED) is 0.859. The van der Waals surface area contributed by atoms with E-state index in [1.54, 1.807) is 13.8 Å². The molecule has 1 N–H and O–H groups in total. The number of hydrogen-bond donors (Lipinski definition) is 1. The first-order valence-electron chi connectivity index (χ1n) is 8.54. The van der Waals surface area contributed by atoms with E-state index in [9.17, 15) is 9.59 Å². The predicted molar refractivity (Wildman–Crippen MR) is 93.4 cm³/mol. The highest BCUT2D eigenvalue weighted by atomic mass is 16.2. The molecular formula is C19H28N2O2. The molecule has 126 valence electrons. The molecule has 0 atom stereocenters. The van der Waals surface area contributed by atoms with Gasteiger partial charge in [0.2, 0.25) is 11.8 Å². The number of likely N-dealkylation sites (tertiary alicyclic amines) is 1. The van der Waals surface area contributed by atoms with Gasteiger partial charge < -0.3 is 10.2 Å². The first kappa shape index (κ1) is 17.5. The minimum absolute atomic E-state index is 0.0725. The lowest BCUT2D eigenvalue weighted by Gasteiger charge is -2.33. The Balaban J connectivity index is 2.14. The molecule has 4 heteroatoms. The number of para-hydroxylation sites is 1. The summed E-state index contributed by atoms with van der Waals surface area (Å²) in [5.74, 6) is 0.00492. The maximum Gasteiger partial charge on any atom is 0.239 e. The molecule has 1 aromatic rings. The van der Waals surface area contributed by atoms with Crippen LogP contribution in [0.4, 0.5) is 5.69 Å². The summed E-state index contributed by atoms with van der Waals surface area (Å²) >= 11 is 0. The number of hydrogen-bond acceptors (Lipinski definition) is 2. The number of amides is 2. The minimum atomic E-state index is -1.05. The van der Waals surface area contributed by atoms with Crippen molar-refractivity contribution in [3.05, 3.63) is 29.8 Å². The van der Waals surface area contributed by atoms with Crippen molar-refractivity contribution in [1.29, 1.82) is 0 Å². The summed E-state index contributed by atoms with van der Waals surface area (Å²) < 4.78 is 0. The number of carbonyl (C=O) groups is 2. The normalized spacial score (nSPS) is 15.6. The Bertz CT molecular complexity index is 572. The molecule has 1 aliphatic rings. The molecular weight excluding hydrogens is 288 g/mol. The number of anilines is 1. The minimum Gasteiger partial charge on any atom is -0.342 e. The van der Waals surface area contributed by atoms with Gasteiger partial charge in [0.25, 0.3) is 0 Å². The number of piperidine rings is 1. The summed E-state index contributed by atoms with van der Waals surface area (Å²) in [5, 5.41) is 2.97. The Kier molecular flexibility index (Phi) is 5.45. The molecule has 1 aromatic carbocycles. The van der Waals surface area contributed by atoms with Crippen molar-refractivity contribution < 1.29 is 9.59 Å². The molecule has 0 radical (unpaired) electrons. The zero-order valence-electron chi connectivity index (χ0n) is 14.7. The summed E-state index contributed by atoms with van der Waals surface area (Å²) in [5.41, 5.74) is 0.829. The van der Waals surface area contributed by atoms with Crippen molar-refractivity contribution in [2.75, 3.05) is 18.4 Å². The smallest absolute Gasteiger partial charge is 0.239 e. The van der Waals surface area contributed by atoms with Crippen LogP contribution in [-0.4, -0.2) is 29.8 Å². The number of rotatable bonds is 4. The van der Waals surface area contributed by atoms with Crippen LogP contribution in [0.15, 0.2) is 24.3 Å². The number of nitrogens with one attached hydrogen (secondary N) is 1. The van der Waals surface area contributed by atoms with Crippen molar-refractivity contribution in [2.45, 2.75) is 52.9 Å². The number of carbonyl (C=O) groups excluding carboxylic acids is 2. The molecule has 0 spiro atoms. The predicted octanol–water partition coefficient (Wildman–Crippen LogP) is 3.79. The van der Waals surface area contributed by atoms with Gasteiger partial charge in [0.05, 0.1) is 0 Å². The second-order valence-corrected chi connectivity index (χ2v) is 7.17. The van der Waals surface area contributed by atoms with Crippen LogP contribution in [0.25, 0.3) is 0 Å². The van der Waals surface area contributed by atoms with E-state index in [1.807, 2.05) is 29.2 Å². The molecule has 1 aliphatic heterocycles. The van der Waals surface area contributed by atoms with Crippen molar-refractivity contribution in [3.63, 3.8) is 0 Å². The van der Waals surface area contributed by atoms with Gasteiger partial charge >= 0.3 is 0 Å². The van der Waals surface area contributed by atoms with Gasteiger partial charge in [-0.3, -0.25) is 9.59 Å². The van der Waals surface area contributed by atoms with E-state index >= 15 is 0 Å². The molecule has 1 saturated heterocycles. The van der Waals surface area contributed by atoms with Crippen LogP contribution in [-0.2, 0) is 9.59 Å². The van der Waals surface area contributed by atoms with Crippen LogP contribution in [0.5, 0.6) is 0 Å². The highest BCUT2D eigenvalue weighted by molar-refractivity contribution is 6.10. The van der Waals surface area contributed by atoms with Crippen LogP contribution in [0.1, 0.15) is 58.4 Å². The fourth-order valence-electron chi connectivity index (χ4n) is 2.98. The fourth-order valence-corrected chi connectivity index (χ4v) is 2.98. The van der Waals surface area contributed by atoms with E-state index in [4.69, 9.17) is 0 Å². The topological polar surface area (TPSA) is 49.4 Å². The van der Waals surface area contributed by atoms with Gasteiger partial charge in [-0.1, -0.05) is 32.0 Å². The maximum absolute atomic E-state index is 12.7. The highest BCUT2D eigenvalue weighted by Crippen LogP contribution is 2.28. The van der Waals surface area contributed by atoms with Crippen LogP contribution in [0.2, 0.25) is 0 Å². The Morgan fingerprint density at radius 3 is 2.30 bits per heavy atom. The highest BCUT2D eigenvalue weighted by Gasteiger charge is 2.39. The fraction of sp³-hybridized carbons (Fsp3) is 0.579. The monoisotopic (exact) mass is 316 g/mol. The maximum atomic E-state index is 12.7. The first-order chi connectivity index (χ1) is 10.8. The Morgan fingerprint density at radius 1 is 1.09 bits per heavy atom. The third-order valence-corrected chi connectivity index (χ3v) is 4.58. The zero-order valence-corrected chi connectivity index (χ0v) is 14.7. The summed E-state index contributed by atoms with van der Waals surface area (Å²) in [7, 11) is 0. The Hall–Kier alpha value is -1.84. The number of benzene rings is 1. The molecule has 4 nitrogen and oxygen atoms in total. The lowest BCUT2D eigenvalue weighted by molar-refractivity contribution is -0.147. The van der Waals surface area contributed by atoms with Crippen LogP contribution >= 0.6 is 0 Å². The Labute approximate surface area is 139 Å². The van der Waals surface area contributed by atoms with E-state index in [1.165, 1.54) is 0 Å². The van der Waals surface area contributed by atoms with Crippen molar-refractivity contribution >= 4 is 17.5 Å². The third-order valence-electron chi connectivity index (χ3n) is 4.58. The standard InChI is InChI=1S/C19H28N2O2/c1-14(2)15-10-6-7-11-16(15)20-17(22)19(3,4)18(23)21-12-8-5-9-13-21/h6-7,10-11,14H,5,8-9,12-13H2,1-4H3,(H,20,22). The van der Waals surface area contributed by atoms with Gasteiger partial charge in [0.1, 0.15) is 5.41 Å². The van der Waals surface area contributed by atoms with E-state index in [0.29, 0.717) is 5.92 Å². The SMILES string of the molecule is CC(C)c1ccccc1NC(=O)C(C)(C)C(=O)N1CCCCC1. The lowest BCUT2D eigenvalue weighted by Crippen LogP contribution is -2.49. The number of nitrogens with zero attached hydrogens (tertiary/aromatic N) is 1. The van der Waals surface area contributed by atoms with Gasteiger partial charge in [-0.2, -0.15) is 0 Å². The molecule has 1 fully saturated rings. The first-order valence-corrected chi connectivity index (χ1v) is 8.54. The molecule has 0 unspecified atom stereocenters. The molecule has 23 heavy (non-hydrogen) atoms. The third kappa shape index (κ3) is 3.92. The molecule has 1 heterocycles. The largest absolute Gasteiger partial charge is 0.342 e. The molecule has 0 bridgehead atoms. The molecule has 0 aromatic heterocycles. The van der Waals surface area contributed by atoms with Gasteiger partial charge in [0.15, 0.2) is 0 Å². The summed E-state index contributed by atoms with van der Waals surface area (Å²) in [6, 6.07) is 7.78. The van der Waals surface area contributed by atoms with E-state index < -0.39 is 5.41 Å². The Morgan fingerprint density at radius 2 is 1.70 bits per heavy atom. The summed E-state index contributed by atoms with van der Waals surface area (Å²) in [6.07, 6.45) is 3.22. The second-order valence-electron chi connectivity index (χ2n) is 7.17. The van der Waals surface area contributed by atoms with Gasteiger partial charge in [-0.15, -0.1) is 0 Å². The summed E-state index contributed by atoms with van der Waals surface area (Å²) in [6.45, 7) is 9.15. The van der Waals surface area contributed by atoms with Gasteiger partial charge in [-0.05, 0) is 50.7 Å². The van der Waals surface area contributed by atoms with E-state index in [2.05, 4.69) is 19.2 Å². The molecule has 2 rings (SSSR count). The lowest BCUT2D eigenvalue weighted by atomic mass is 9.89. The summed E-state index contributed by atoms with van der Waals surface area (Å²) in [4.78, 5) is 27.3. The average Bonchev–Trinajstić information content (AvgIpc) is 2.55. The average molecular weight is 316 g/mol. The van der Waals surface area contributed by atoms with E-state index in [-0.39, 0.29) is 11.8 Å². The molecule has 0 aliphatic carbocycles. The van der Waals surface area contributed by atoms with E-state index in [0.717, 1.165) is 43.6 Å². The van der Waals surface area contributed by atoms with Crippen LogP contribution in [0, 0.1) is 5.41 Å². The molecule has 0 saturated carbocycles.